The van der Waals surface area contributed by atoms with Gasteiger partial charge in [-0.25, -0.2) is 4.98 Å². The summed E-state index contributed by atoms with van der Waals surface area (Å²) in [5.41, 5.74) is 9.56. The van der Waals surface area contributed by atoms with Gasteiger partial charge in [0.05, 0.1) is 6.33 Å². The topological polar surface area (TPSA) is 64.2 Å². The Kier molecular flexibility index (Phi) is 3.28. The lowest BCUT2D eigenvalue weighted by atomic mass is 9.98. The van der Waals surface area contributed by atoms with E-state index in [4.69, 9.17) is 5.73 Å². The predicted octanol–water partition coefficient (Wildman–Crippen LogP) is 1.02. The highest BCUT2D eigenvalue weighted by Gasteiger charge is 2.13. The van der Waals surface area contributed by atoms with Crippen LogP contribution < -0.4 is 5.73 Å². The molecule has 0 aliphatic carbocycles. The van der Waals surface area contributed by atoms with Crippen LogP contribution in [0.15, 0.2) is 30.7 Å². The number of hydrogen-bond acceptors (Lipinski definition) is 3. The van der Waals surface area contributed by atoms with Gasteiger partial charge in [-0.3, -0.25) is 4.79 Å². The molecule has 1 aromatic carbocycles. The van der Waals surface area contributed by atoms with E-state index in [9.17, 15) is 4.79 Å². The van der Waals surface area contributed by atoms with E-state index in [2.05, 4.69) is 35.1 Å². The van der Waals surface area contributed by atoms with E-state index in [1.165, 1.54) is 16.7 Å². The maximum atomic E-state index is 11.0. The largest absolute Gasteiger partial charge is 0.364 e. The number of nitrogens with two attached hydrogens (primary N) is 1. The van der Waals surface area contributed by atoms with Crippen molar-refractivity contribution in [3.8, 4) is 0 Å². The zero-order chi connectivity index (χ0) is 14.1. The number of benzene rings is 1. The van der Waals surface area contributed by atoms with E-state index in [1.807, 2.05) is 4.57 Å². The summed E-state index contributed by atoms with van der Waals surface area (Å²) in [5, 5.41) is 0. The van der Waals surface area contributed by atoms with Crippen molar-refractivity contribution < 1.29 is 4.79 Å². The van der Waals surface area contributed by atoms with Gasteiger partial charge in [0.25, 0.3) is 5.91 Å². The highest BCUT2D eigenvalue weighted by molar-refractivity contribution is 5.90. The van der Waals surface area contributed by atoms with Gasteiger partial charge in [-0.1, -0.05) is 18.2 Å². The van der Waals surface area contributed by atoms with Crippen molar-refractivity contribution in [3.05, 3.63) is 53.1 Å². The first kappa shape index (κ1) is 12.9. The van der Waals surface area contributed by atoms with Gasteiger partial charge in [-0.2, -0.15) is 0 Å². The Hall–Kier alpha value is -2.14. The lowest BCUT2D eigenvalue weighted by molar-refractivity contribution is 0.0996. The molecule has 2 N–H and O–H groups in total. The Bertz CT molecular complexity index is 647. The lowest BCUT2D eigenvalue weighted by Gasteiger charge is -2.25. The summed E-state index contributed by atoms with van der Waals surface area (Å²) in [7, 11) is 2.14. The summed E-state index contributed by atoms with van der Waals surface area (Å²) in [6.07, 6.45) is 4.45. The molecule has 104 valence electrons. The van der Waals surface area contributed by atoms with Gasteiger partial charge < -0.3 is 15.2 Å². The van der Waals surface area contributed by atoms with Gasteiger partial charge in [-0.15, -0.1) is 0 Å². The van der Waals surface area contributed by atoms with Crippen LogP contribution in [-0.4, -0.2) is 34.0 Å². The number of nitrogens with zero attached hydrogens (tertiary/aromatic N) is 3. The van der Waals surface area contributed by atoms with E-state index in [-0.39, 0.29) is 0 Å². The van der Waals surface area contributed by atoms with Crippen molar-refractivity contribution in [1.82, 2.24) is 14.5 Å². The number of carbonyl (C=O) groups is 1. The summed E-state index contributed by atoms with van der Waals surface area (Å²) < 4.78 is 1.88. The second-order valence-electron chi connectivity index (χ2n) is 5.39. The molecule has 1 aliphatic rings. The maximum Gasteiger partial charge on any atom is 0.268 e. The number of fused-ring (bicyclic) bond motifs is 1. The van der Waals surface area contributed by atoms with Crippen molar-refractivity contribution in [3.63, 3.8) is 0 Å². The third-order valence-corrected chi connectivity index (χ3v) is 3.72. The molecule has 1 aromatic heterocycles. The number of imidazole rings is 1. The van der Waals surface area contributed by atoms with Gasteiger partial charge >= 0.3 is 0 Å². The van der Waals surface area contributed by atoms with Crippen LogP contribution in [0.5, 0.6) is 0 Å². The third kappa shape index (κ3) is 2.58. The van der Waals surface area contributed by atoms with Crippen molar-refractivity contribution in [2.24, 2.45) is 5.73 Å². The number of likely N-dealkylation sites (N-methyl/N-ethyl adjacent to an activating group) is 1. The van der Waals surface area contributed by atoms with E-state index in [0.717, 1.165) is 19.5 Å². The molecular weight excluding hydrogens is 252 g/mol. The number of amides is 1. The number of carbonyl (C=O) groups excluding carboxylic acids is 1. The van der Waals surface area contributed by atoms with Crippen LogP contribution >= 0.6 is 0 Å². The average Bonchev–Trinajstić information content (AvgIpc) is 2.87. The molecule has 0 saturated carbocycles. The van der Waals surface area contributed by atoms with E-state index in [1.54, 1.807) is 12.5 Å². The fourth-order valence-electron chi connectivity index (χ4n) is 2.63. The van der Waals surface area contributed by atoms with Crippen LogP contribution in [0.1, 0.15) is 27.2 Å². The maximum absolute atomic E-state index is 11.0. The van der Waals surface area contributed by atoms with Crippen LogP contribution in [0.25, 0.3) is 0 Å². The standard InChI is InChI=1S/C15H18N4O/c1-18-5-4-12-3-2-11(6-13(12)8-18)7-19-9-14(15(16)20)17-10-19/h2-3,6,9-10H,4-5,7-8H2,1H3,(H2,16,20). The Balaban J connectivity index is 1.80. The molecule has 5 heteroatoms. The smallest absolute Gasteiger partial charge is 0.268 e. The van der Waals surface area contributed by atoms with Gasteiger partial charge in [0.15, 0.2) is 0 Å². The molecule has 3 rings (SSSR count). The Labute approximate surface area is 118 Å². The SMILES string of the molecule is CN1CCc2ccc(Cn3cnc(C(N)=O)c3)cc2C1. The van der Waals surface area contributed by atoms with Gasteiger partial charge in [-0.05, 0) is 30.2 Å². The first-order chi connectivity index (χ1) is 9.61. The van der Waals surface area contributed by atoms with Gasteiger partial charge in [0, 0.05) is 25.8 Å². The first-order valence-electron chi connectivity index (χ1n) is 6.72. The molecule has 0 radical (unpaired) electrons. The van der Waals surface area contributed by atoms with Crippen LogP contribution in [0, 0.1) is 0 Å². The number of primary amides is 1. The van der Waals surface area contributed by atoms with Crippen molar-refractivity contribution in [2.75, 3.05) is 13.6 Å². The van der Waals surface area contributed by atoms with E-state index >= 15 is 0 Å². The predicted molar refractivity (Wildman–Crippen MR) is 76.3 cm³/mol. The number of aromatic nitrogens is 2. The van der Waals surface area contributed by atoms with Crippen molar-refractivity contribution in [2.45, 2.75) is 19.5 Å². The molecule has 1 amide bonds. The summed E-state index contributed by atoms with van der Waals surface area (Å²) in [5.74, 6) is -0.490. The molecule has 0 unspecified atom stereocenters. The molecular formula is C15H18N4O. The number of rotatable bonds is 3. The van der Waals surface area contributed by atoms with Crippen LogP contribution in [0.3, 0.4) is 0 Å². The zero-order valence-electron chi connectivity index (χ0n) is 11.5. The molecule has 0 bridgehead atoms. The van der Waals surface area contributed by atoms with Crippen molar-refractivity contribution >= 4 is 5.91 Å². The highest BCUT2D eigenvalue weighted by atomic mass is 16.1. The van der Waals surface area contributed by atoms with Gasteiger partial charge in [0.2, 0.25) is 0 Å². The zero-order valence-corrected chi connectivity index (χ0v) is 11.5. The quantitative estimate of drug-likeness (QED) is 0.905. The average molecular weight is 270 g/mol. The molecule has 0 spiro atoms. The molecule has 0 saturated heterocycles. The molecule has 0 atom stereocenters. The molecule has 2 aromatic rings. The van der Waals surface area contributed by atoms with Crippen LogP contribution in [0.4, 0.5) is 0 Å². The molecule has 20 heavy (non-hydrogen) atoms. The molecule has 1 aliphatic heterocycles. The minimum atomic E-state index is -0.490. The minimum Gasteiger partial charge on any atom is -0.364 e. The minimum absolute atomic E-state index is 0.308. The summed E-state index contributed by atoms with van der Waals surface area (Å²) in [6, 6.07) is 6.60. The fourth-order valence-corrected chi connectivity index (χ4v) is 2.63. The second-order valence-corrected chi connectivity index (χ2v) is 5.39. The van der Waals surface area contributed by atoms with E-state index < -0.39 is 5.91 Å². The Morgan fingerprint density at radius 2 is 2.25 bits per heavy atom. The summed E-state index contributed by atoms with van der Waals surface area (Å²) in [6.45, 7) is 2.83. The van der Waals surface area contributed by atoms with Crippen LogP contribution in [0.2, 0.25) is 0 Å². The molecule has 2 heterocycles. The second kappa shape index (κ2) is 5.09. The monoisotopic (exact) mass is 270 g/mol. The summed E-state index contributed by atoms with van der Waals surface area (Å²) in [4.78, 5) is 17.4. The van der Waals surface area contributed by atoms with Crippen LogP contribution in [-0.2, 0) is 19.5 Å². The Morgan fingerprint density at radius 1 is 1.40 bits per heavy atom. The van der Waals surface area contributed by atoms with Gasteiger partial charge in [0.1, 0.15) is 5.69 Å². The van der Waals surface area contributed by atoms with E-state index in [0.29, 0.717) is 12.2 Å². The van der Waals surface area contributed by atoms with Crippen molar-refractivity contribution in [1.29, 1.82) is 0 Å². The lowest BCUT2D eigenvalue weighted by Crippen LogP contribution is -2.26. The normalized spacial score (nSPS) is 15.1. The first-order valence-corrected chi connectivity index (χ1v) is 6.72. The summed E-state index contributed by atoms with van der Waals surface area (Å²) >= 11 is 0. The highest BCUT2D eigenvalue weighted by Crippen LogP contribution is 2.20. The Morgan fingerprint density at radius 3 is 3.00 bits per heavy atom. The molecule has 0 fully saturated rings. The third-order valence-electron chi connectivity index (χ3n) is 3.72. The fraction of sp³-hybridized carbons (Fsp3) is 0.333. The number of hydrogen-bond donors (Lipinski definition) is 1. The molecule has 5 nitrogen and oxygen atoms in total.